The second kappa shape index (κ2) is 5.49. The first-order valence-electron chi connectivity index (χ1n) is 7.21. The lowest BCUT2D eigenvalue weighted by molar-refractivity contribution is 0.0919. The summed E-state index contributed by atoms with van der Waals surface area (Å²) >= 11 is 5.96. The van der Waals surface area contributed by atoms with E-state index in [4.69, 9.17) is 11.6 Å². The molecule has 1 aliphatic carbocycles. The number of rotatable bonds is 2. The standard InChI is InChI=1S/C16H19ClN2O/c1-10-2-6-13(7-3-10)18-16(20)15-8-11-4-5-12(17)9-14(11)19-15/h4-5,8-10,13,19H,2-3,6-7H2,1H3,(H,18,20). The molecule has 2 N–H and O–H groups in total. The van der Waals surface area contributed by atoms with Gasteiger partial charge >= 0.3 is 0 Å². The molecule has 1 fully saturated rings. The van der Waals surface area contributed by atoms with Crippen molar-refractivity contribution in [3.05, 3.63) is 35.0 Å². The highest BCUT2D eigenvalue weighted by molar-refractivity contribution is 6.31. The predicted molar refractivity (Wildman–Crippen MR) is 82.2 cm³/mol. The lowest BCUT2D eigenvalue weighted by Gasteiger charge is -2.26. The number of hydrogen-bond donors (Lipinski definition) is 2. The van der Waals surface area contributed by atoms with Gasteiger partial charge in [-0.1, -0.05) is 24.6 Å². The molecule has 1 saturated carbocycles. The number of aromatic nitrogens is 1. The molecule has 2 aromatic rings. The van der Waals surface area contributed by atoms with E-state index in [0.29, 0.717) is 16.8 Å². The normalized spacial score (nSPS) is 22.9. The van der Waals surface area contributed by atoms with Crippen molar-refractivity contribution in [2.45, 2.75) is 38.6 Å². The van der Waals surface area contributed by atoms with Gasteiger partial charge in [-0.15, -0.1) is 0 Å². The first-order chi connectivity index (χ1) is 9.61. The van der Waals surface area contributed by atoms with Crippen LogP contribution in [0, 0.1) is 5.92 Å². The highest BCUT2D eigenvalue weighted by atomic mass is 35.5. The van der Waals surface area contributed by atoms with E-state index in [0.717, 1.165) is 29.7 Å². The molecule has 0 atom stereocenters. The minimum Gasteiger partial charge on any atom is -0.350 e. The predicted octanol–water partition coefficient (Wildman–Crippen LogP) is 4.13. The van der Waals surface area contributed by atoms with Crippen LogP contribution in [0.2, 0.25) is 5.02 Å². The quantitative estimate of drug-likeness (QED) is 0.858. The van der Waals surface area contributed by atoms with Crippen LogP contribution in [-0.2, 0) is 0 Å². The summed E-state index contributed by atoms with van der Waals surface area (Å²) in [5.74, 6) is 0.773. The Kier molecular flexibility index (Phi) is 3.70. The molecule has 0 aliphatic heterocycles. The third-order valence-electron chi connectivity index (χ3n) is 4.18. The van der Waals surface area contributed by atoms with E-state index in [1.165, 1.54) is 12.8 Å². The van der Waals surface area contributed by atoms with E-state index in [9.17, 15) is 4.79 Å². The van der Waals surface area contributed by atoms with Crippen molar-refractivity contribution < 1.29 is 4.79 Å². The molecule has 0 spiro atoms. The van der Waals surface area contributed by atoms with Gasteiger partial charge in [0.1, 0.15) is 5.69 Å². The fraction of sp³-hybridized carbons (Fsp3) is 0.438. The maximum Gasteiger partial charge on any atom is 0.267 e. The molecule has 0 saturated heterocycles. The Hall–Kier alpha value is -1.48. The molecule has 1 aromatic heterocycles. The van der Waals surface area contributed by atoms with E-state index in [2.05, 4.69) is 17.2 Å². The SMILES string of the molecule is CC1CCC(NC(=O)c2cc3ccc(Cl)cc3[nH]2)CC1. The number of carbonyl (C=O) groups excluding carboxylic acids is 1. The summed E-state index contributed by atoms with van der Waals surface area (Å²) < 4.78 is 0. The Bertz CT molecular complexity index is 626. The Morgan fingerprint density at radius 2 is 2.00 bits per heavy atom. The fourth-order valence-electron chi connectivity index (χ4n) is 2.89. The van der Waals surface area contributed by atoms with Gasteiger partial charge < -0.3 is 10.3 Å². The van der Waals surface area contributed by atoms with Crippen LogP contribution in [0.15, 0.2) is 24.3 Å². The van der Waals surface area contributed by atoms with Gasteiger partial charge in [0.15, 0.2) is 0 Å². The fourth-order valence-corrected chi connectivity index (χ4v) is 3.06. The van der Waals surface area contributed by atoms with Crippen LogP contribution in [0.25, 0.3) is 10.9 Å². The summed E-state index contributed by atoms with van der Waals surface area (Å²) in [6.07, 6.45) is 4.57. The molecule has 3 nitrogen and oxygen atoms in total. The zero-order chi connectivity index (χ0) is 14.1. The average molecular weight is 291 g/mol. The van der Waals surface area contributed by atoms with E-state index >= 15 is 0 Å². The Morgan fingerprint density at radius 1 is 1.25 bits per heavy atom. The minimum atomic E-state index is -0.0168. The number of nitrogens with one attached hydrogen (secondary N) is 2. The summed E-state index contributed by atoms with van der Waals surface area (Å²) in [6, 6.07) is 7.80. The van der Waals surface area contributed by atoms with Gasteiger partial charge in [-0.25, -0.2) is 0 Å². The molecular weight excluding hydrogens is 272 g/mol. The molecule has 1 heterocycles. The van der Waals surface area contributed by atoms with Crippen LogP contribution in [0.1, 0.15) is 43.1 Å². The largest absolute Gasteiger partial charge is 0.350 e. The highest BCUT2D eigenvalue weighted by Gasteiger charge is 2.20. The van der Waals surface area contributed by atoms with Crippen LogP contribution in [0.4, 0.5) is 0 Å². The molecular formula is C16H19ClN2O. The van der Waals surface area contributed by atoms with Gasteiger partial charge in [0.05, 0.1) is 0 Å². The van der Waals surface area contributed by atoms with Gasteiger partial charge in [-0.2, -0.15) is 0 Å². The van der Waals surface area contributed by atoms with Crippen LogP contribution in [0.5, 0.6) is 0 Å². The number of fused-ring (bicyclic) bond motifs is 1. The topological polar surface area (TPSA) is 44.9 Å². The van der Waals surface area contributed by atoms with Gasteiger partial charge in [0.2, 0.25) is 0 Å². The number of halogens is 1. The van der Waals surface area contributed by atoms with E-state index in [1.54, 1.807) is 0 Å². The summed E-state index contributed by atoms with van der Waals surface area (Å²) in [7, 11) is 0. The van der Waals surface area contributed by atoms with Crippen molar-refractivity contribution in [1.29, 1.82) is 0 Å². The first kappa shape index (κ1) is 13.5. The Morgan fingerprint density at radius 3 is 2.75 bits per heavy atom. The van der Waals surface area contributed by atoms with Crippen molar-refractivity contribution >= 4 is 28.4 Å². The smallest absolute Gasteiger partial charge is 0.267 e. The zero-order valence-electron chi connectivity index (χ0n) is 11.6. The monoisotopic (exact) mass is 290 g/mol. The molecule has 1 aliphatic rings. The van der Waals surface area contributed by atoms with Crippen molar-refractivity contribution in [3.8, 4) is 0 Å². The molecule has 0 radical (unpaired) electrons. The number of hydrogen-bond acceptors (Lipinski definition) is 1. The van der Waals surface area contributed by atoms with Crippen molar-refractivity contribution in [2.24, 2.45) is 5.92 Å². The molecule has 4 heteroatoms. The summed E-state index contributed by atoms with van der Waals surface area (Å²) in [5.41, 5.74) is 1.51. The van der Waals surface area contributed by atoms with Crippen molar-refractivity contribution in [2.75, 3.05) is 0 Å². The molecule has 0 unspecified atom stereocenters. The third-order valence-corrected chi connectivity index (χ3v) is 4.42. The van der Waals surface area contributed by atoms with Crippen LogP contribution in [0.3, 0.4) is 0 Å². The maximum absolute atomic E-state index is 12.3. The van der Waals surface area contributed by atoms with Crippen LogP contribution >= 0.6 is 11.6 Å². The molecule has 1 amide bonds. The molecule has 1 aromatic carbocycles. The summed E-state index contributed by atoms with van der Waals surface area (Å²) in [4.78, 5) is 15.4. The number of benzene rings is 1. The highest BCUT2D eigenvalue weighted by Crippen LogP contribution is 2.24. The third kappa shape index (κ3) is 2.83. The number of carbonyl (C=O) groups is 1. The molecule has 20 heavy (non-hydrogen) atoms. The molecule has 106 valence electrons. The minimum absolute atomic E-state index is 0.0168. The summed E-state index contributed by atoms with van der Waals surface area (Å²) in [5, 5.41) is 4.81. The number of aromatic amines is 1. The second-order valence-electron chi connectivity index (χ2n) is 5.84. The molecule has 0 bridgehead atoms. The Labute approximate surface area is 123 Å². The second-order valence-corrected chi connectivity index (χ2v) is 6.28. The van der Waals surface area contributed by atoms with Gasteiger partial charge in [0.25, 0.3) is 5.91 Å². The Balaban J connectivity index is 1.72. The lowest BCUT2D eigenvalue weighted by Crippen LogP contribution is -2.37. The molecule has 3 rings (SSSR count). The number of amides is 1. The van der Waals surface area contributed by atoms with E-state index < -0.39 is 0 Å². The van der Waals surface area contributed by atoms with E-state index in [-0.39, 0.29) is 5.91 Å². The van der Waals surface area contributed by atoms with Gasteiger partial charge in [-0.3, -0.25) is 4.79 Å². The first-order valence-corrected chi connectivity index (χ1v) is 7.59. The van der Waals surface area contributed by atoms with Crippen molar-refractivity contribution in [3.63, 3.8) is 0 Å². The van der Waals surface area contributed by atoms with Gasteiger partial charge in [-0.05, 0) is 49.8 Å². The zero-order valence-corrected chi connectivity index (χ0v) is 12.3. The van der Waals surface area contributed by atoms with Crippen LogP contribution in [-0.4, -0.2) is 16.9 Å². The van der Waals surface area contributed by atoms with Gasteiger partial charge in [0, 0.05) is 22.0 Å². The average Bonchev–Trinajstić information content (AvgIpc) is 2.84. The van der Waals surface area contributed by atoms with E-state index in [1.807, 2.05) is 24.3 Å². The van der Waals surface area contributed by atoms with Crippen LogP contribution < -0.4 is 5.32 Å². The summed E-state index contributed by atoms with van der Waals surface area (Å²) in [6.45, 7) is 2.28. The van der Waals surface area contributed by atoms with Crippen molar-refractivity contribution in [1.82, 2.24) is 10.3 Å². The number of H-pyrrole nitrogens is 1. The maximum atomic E-state index is 12.3. The lowest BCUT2D eigenvalue weighted by atomic mass is 9.87.